The molecule has 1 rings (SSSR count). The molecule has 1 amide bonds. The van der Waals surface area contributed by atoms with Crippen LogP contribution in [0.3, 0.4) is 0 Å². The Kier molecular flexibility index (Phi) is 4.45. The number of hydrogen-bond donors (Lipinski definition) is 1. The summed E-state index contributed by atoms with van der Waals surface area (Å²) >= 11 is 0. The zero-order chi connectivity index (χ0) is 12.8. The van der Waals surface area contributed by atoms with Crippen LogP contribution >= 0.6 is 0 Å². The van der Waals surface area contributed by atoms with Crippen molar-refractivity contribution in [2.45, 2.75) is 0 Å². The number of hydrogen-bond acceptors (Lipinski definition) is 5. The molecule has 17 heavy (non-hydrogen) atoms. The van der Waals surface area contributed by atoms with Gasteiger partial charge >= 0.3 is 6.09 Å². The molecule has 0 aliphatic carbocycles. The molecule has 6 nitrogen and oxygen atoms in total. The Morgan fingerprint density at radius 2 is 1.53 bits per heavy atom. The quantitative estimate of drug-likeness (QED) is 0.871. The Hall–Kier alpha value is -2.11. The summed E-state index contributed by atoms with van der Waals surface area (Å²) in [5.74, 6) is 1.41. The van der Waals surface area contributed by atoms with Crippen LogP contribution in [0.4, 0.5) is 10.5 Å². The molecule has 0 spiro atoms. The van der Waals surface area contributed by atoms with Gasteiger partial charge in [-0.1, -0.05) is 0 Å². The number of carbonyl (C=O) groups excluding carboxylic acids is 1. The molecular weight excluding hydrogens is 226 g/mol. The van der Waals surface area contributed by atoms with Crippen LogP contribution in [0.1, 0.15) is 0 Å². The Labute approximate surface area is 99.4 Å². The summed E-state index contributed by atoms with van der Waals surface area (Å²) in [6, 6.07) is 3.27. The highest BCUT2D eigenvalue weighted by Gasteiger charge is 2.15. The largest absolute Gasteiger partial charge is 0.496 e. The van der Waals surface area contributed by atoms with Gasteiger partial charge in [0.2, 0.25) is 0 Å². The van der Waals surface area contributed by atoms with Crippen molar-refractivity contribution in [3.05, 3.63) is 12.1 Å². The fourth-order valence-corrected chi connectivity index (χ4v) is 1.28. The number of nitrogens with one attached hydrogen (secondary N) is 1. The molecule has 1 aromatic carbocycles. The number of carbonyl (C=O) groups is 1. The first-order valence-corrected chi connectivity index (χ1v) is 4.81. The smallest absolute Gasteiger partial charge is 0.411 e. The van der Waals surface area contributed by atoms with Crippen molar-refractivity contribution in [1.82, 2.24) is 0 Å². The predicted molar refractivity (Wildman–Crippen MR) is 62.1 cm³/mol. The van der Waals surface area contributed by atoms with E-state index in [0.29, 0.717) is 22.9 Å². The van der Waals surface area contributed by atoms with Crippen LogP contribution in [0, 0.1) is 0 Å². The van der Waals surface area contributed by atoms with E-state index in [1.54, 1.807) is 12.1 Å². The molecular formula is C11H15NO5. The monoisotopic (exact) mass is 241 g/mol. The van der Waals surface area contributed by atoms with E-state index < -0.39 is 6.09 Å². The summed E-state index contributed by atoms with van der Waals surface area (Å²) in [5, 5.41) is 2.52. The van der Waals surface area contributed by atoms with Gasteiger partial charge in [0.15, 0.2) is 0 Å². The highest BCUT2D eigenvalue weighted by Crippen LogP contribution is 2.38. The standard InChI is InChI=1S/C11H15NO5/c1-14-7-5-8(15-2)10(9(6-7)16-3)12-11(13)17-4/h5-6H,1-4H3,(H,12,13). The van der Waals surface area contributed by atoms with E-state index in [1.807, 2.05) is 0 Å². The molecule has 0 unspecified atom stereocenters. The molecule has 0 aromatic heterocycles. The van der Waals surface area contributed by atoms with Crippen LogP contribution in [0.2, 0.25) is 0 Å². The summed E-state index contributed by atoms with van der Waals surface area (Å²) in [7, 11) is 5.77. The lowest BCUT2D eigenvalue weighted by molar-refractivity contribution is 0.186. The van der Waals surface area contributed by atoms with Gasteiger partial charge in [-0.2, -0.15) is 0 Å². The summed E-state index contributed by atoms with van der Waals surface area (Å²) in [6.07, 6.45) is -0.605. The van der Waals surface area contributed by atoms with Crippen molar-refractivity contribution in [2.24, 2.45) is 0 Å². The van der Waals surface area contributed by atoms with Crippen molar-refractivity contribution >= 4 is 11.8 Å². The minimum Gasteiger partial charge on any atom is -0.496 e. The molecule has 0 atom stereocenters. The van der Waals surface area contributed by atoms with Gasteiger partial charge in [0.05, 0.1) is 28.4 Å². The number of amides is 1. The molecule has 0 heterocycles. The number of anilines is 1. The van der Waals surface area contributed by atoms with Crippen LogP contribution in [-0.4, -0.2) is 34.5 Å². The topological polar surface area (TPSA) is 66.0 Å². The molecule has 0 saturated carbocycles. The summed E-state index contributed by atoms with van der Waals surface area (Å²) < 4.78 is 19.9. The molecule has 0 fully saturated rings. The molecule has 0 saturated heterocycles. The van der Waals surface area contributed by atoms with Gasteiger partial charge in [0.25, 0.3) is 0 Å². The van der Waals surface area contributed by atoms with Crippen molar-refractivity contribution in [3.63, 3.8) is 0 Å². The van der Waals surface area contributed by atoms with E-state index in [9.17, 15) is 4.79 Å². The second-order valence-corrected chi connectivity index (χ2v) is 3.02. The second kappa shape index (κ2) is 5.83. The lowest BCUT2D eigenvalue weighted by Gasteiger charge is -2.14. The fraction of sp³-hybridized carbons (Fsp3) is 0.364. The highest BCUT2D eigenvalue weighted by molar-refractivity contribution is 5.89. The number of benzene rings is 1. The SMILES string of the molecule is COC(=O)Nc1c(OC)cc(OC)cc1OC. The van der Waals surface area contributed by atoms with E-state index in [0.717, 1.165) is 0 Å². The minimum absolute atomic E-state index is 0.391. The van der Waals surface area contributed by atoms with Gasteiger partial charge < -0.3 is 18.9 Å². The van der Waals surface area contributed by atoms with Crippen LogP contribution in [-0.2, 0) is 4.74 Å². The van der Waals surface area contributed by atoms with E-state index in [4.69, 9.17) is 14.2 Å². The van der Waals surface area contributed by atoms with Crippen molar-refractivity contribution in [2.75, 3.05) is 33.8 Å². The average molecular weight is 241 g/mol. The predicted octanol–water partition coefficient (Wildman–Crippen LogP) is 1.89. The molecule has 6 heteroatoms. The fourth-order valence-electron chi connectivity index (χ4n) is 1.28. The van der Waals surface area contributed by atoms with Gasteiger partial charge in [-0.25, -0.2) is 4.79 Å². The Morgan fingerprint density at radius 3 is 1.88 bits per heavy atom. The maximum atomic E-state index is 11.2. The Balaban J connectivity index is 3.19. The van der Waals surface area contributed by atoms with Gasteiger partial charge in [-0.05, 0) is 0 Å². The van der Waals surface area contributed by atoms with Gasteiger partial charge in [0.1, 0.15) is 22.9 Å². The zero-order valence-electron chi connectivity index (χ0n) is 10.2. The third kappa shape index (κ3) is 2.93. The first-order chi connectivity index (χ1) is 8.15. The first-order valence-electron chi connectivity index (χ1n) is 4.81. The summed E-state index contributed by atoms with van der Waals surface area (Å²) in [6.45, 7) is 0. The van der Waals surface area contributed by atoms with Crippen LogP contribution < -0.4 is 19.5 Å². The third-order valence-corrected chi connectivity index (χ3v) is 2.13. The molecule has 0 bridgehead atoms. The Morgan fingerprint density at radius 1 is 1.00 bits per heavy atom. The second-order valence-electron chi connectivity index (χ2n) is 3.02. The maximum Gasteiger partial charge on any atom is 0.411 e. The van der Waals surface area contributed by atoms with Crippen LogP contribution in [0.15, 0.2) is 12.1 Å². The zero-order valence-corrected chi connectivity index (χ0v) is 10.2. The molecule has 0 aliphatic rings. The lowest BCUT2D eigenvalue weighted by Crippen LogP contribution is -2.12. The average Bonchev–Trinajstić information content (AvgIpc) is 2.38. The minimum atomic E-state index is -0.605. The first kappa shape index (κ1) is 13.0. The van der Waals surface area contributed by atoms with E-state index in [1.165, 1.54) is 28.4 Å². The summed E-state index contributed by atoms with van der Waals surface area (Å²) in [4.78, 5) is 11.2. The molecule has 1 N–H and O–H groups in total. The molecule has 0 aliphatic heterocycles. The molecule has 94 valence electrons. The van der Waals surface area contributed by atoms with E-state index in [-0.39, 0.29) is 0 Å². The summed E-state index contributed by atoms with van der Waals surface area (Å²) in [5.41, 5.74) is 0.391. The van der Waals surface area contributed by atoms with Crippen LogP contribution in [0.25, 0.3) is 0 Å². The highest BCUT2D eigenvalue weighted by atomic mass is 16.5. The third-order valence-electron chi connectivity index (χ3n) is 2.13. The van der Waals surface area contributed by atoms with Gasteiger partial charge in [-0.15, -0.1) is 0 Å². The van der Waals surface area contributed by atoms with Crippen molar-refractivity contribution in [3.8, 4) is 17.2 Å². The maximum absolute atomic E-state index is 11.2. The van der Waals surface area contributed by atoms with Crippen molar-refractivity contribution in [1.29, 1.82) is 0 Å². The van der Waals surface area contributed by atoms with Crippen LogP contribution in [0.5, 0.6) is 17.2 Å². The lowest BCUT2D eigenvalue weighted by atomic mass is 10.2. The number of rotatable bonds is 4. The Bertz CT molecular complexity index is 380. The van der Waals surface area contributed by atoms with Gasteiger partial charge in [-0.3, -0.25) is 5.32 Å². The van der Waals surface area contributed by atoms with E-state index in [2.05, 4.69) is 10.1 Å². The molecule has 0 radical (unpaired) electrons. The van der Waals surface area contributed by atoms with Gasteiger partial charge in [0, 0.05) is 12.1 Å². The normalized spacial score (nSPS) is 9.41. The number of methoxy groups -OCH3 is 4. The van der Waals surface area contributed by atoms with E-state index >= 15 is 0 Å². The number of ether oxygens (including phenoxy) is 4. The van der Waals surface area contributed by atoms with Crippen molar-refractivity contribution < 1.29 is 23.7 Å². The molecule has 1 aromatic rings.